The van der Waals surface area contributed by atoms with E-state index in [9.17, 15) is 9.59 Å². The van der Waals surface area contributed by atoms with Crippen LogP contribution < -0.4 is 16.4 Å². The van der Waals surface area contributed by atoms with Crippen molar-refractivity contribution in [1.82, 2.24) is 4.90 Å². The van der Waals surface area contributed by atoms with Gasteiger partial charge in [-0.25, -0.2) is 0 Å². The van der Waals surface area contributed by atoms with E-state index < -0.39 is 5.41 Å². The zero-order valence-corrected chi connectivity index (χ0v) is 12.7. The van der Waals surface area contributed by atoms with Gasteiger partial charge in [-0.15, -0.1) is 0 Å². The lowest BCUT2D eigenvalue weighted by atomic mass is 9.89. The third-order valence-corrected chi connectivity index (χ3v) is 4.09. The molecule has 6 heteroatoms. The summed E-state index contributed by atoms with van der Waals surface area (Å²) in [5.41, 5.74) is 12.9. The van der Waals surface area contributed by atoms with Crippen molar-refractivity contribution >= 4 is 23.2 Å². The number of hydrogen-bond acceptors (Lipinski definition) is 4. The molecule has 1 aromatic carbocycles. The fourth-order valence-corrected chi connectivity index (χ4v) is 2.60. The van der Waals surface area contributed by atoms with E-state index in [0.29, 0.717) is 24.2 Å². The summed E-state index contributed by atoms with van der Waals surface area (Å²) in [6, 6.07) is 5.27. The maximum atomic E-state index is 11.9. The Morgan fingerprint density at radius 3 is 2.48 bits per heavy atom. The number of anilines is 2. The fraction of sp³-hybridized carbons (Fsp3) is 0.467. The molecule has 0 saturated carbocycles. The number of carbonyl (C=O) groups excluding carboxylic acids is 2. The Kier molecular flexibility index (Phi) is 3.80. The second kappa shape index (κ2) is 5.27. The third-order valence-electron chi connectivity index (χ3n) is 4.09. The first-order valence-corrected chi connectivity index (χ1v) is 6.90. The molecule has 0 aliphatic carbocycles. The third kappa shape index (κ3) is 2.79. The lowest BCUT2D eigenvalue weighted by Gasteiger charge is -2.24. The predicted octanol–water partition coefficient (Wildman–Crippen LogP) is 0.672. The summed E-state index contributed by atoms with van der Waals surface area (Å²) < 4.78 is 0. The lowest BCUT2D eigenvalue weighted by molar-refractivity contribution is -0.125. The molecule has 6 nitrogen and oxygen atoms in total. The SMILES string of the molecule is CN(C)C(=O)c1ccc(N2CCC(C)(C(N)=O)C2)c(N)c1. The average Bonchev–Trinajstić information content (AvgIpc) is 2.81. The van der Waals surface area contributed by atoms with E-state index in [1.165, 1.54) is 4.90 Å². The molecule has 21 heavy (non-hydrogen) atoms. The first kappa shape index (κ1) is 15.2. The van der Waals surface area contributed by atoms with Crippen LogP contribution in [0.4, 0.5) is 11.4 Å². The van der Waals surface area contributed by atoms with Gasteiger partial charge in [-0.2, -0.15) is 0 Å². The van der Waals surface area contributed by atoms with Crippen LogP contribution in [0.1, 0.15) is 23.7 Å². The minimum Gasteiger partial charge on any atom is -0.397 e. The van der Waals surface area contributed by atoms with Crippen LogP contribution in [0.2, 0.25) is 0 Å². The van der Waals surface area contributed by atoms with Crippen LogP contribution in [-0.2, 0) is 4.79 Å². The Hall–Kier alpha value is -2.24. The molecule has 0 radical (unpaired) electrons. The Labute approximate surface area is 124 Å². The smallest absolute Gasteiger partial charge is 0.253 e. The largest absolute Gasteiger partial charge is 0.397 e. The number of carbonyl (C=O) groups is 2. The molecule has 1 aliphatic rings. The van der Waals surface area contributed by atoms with Crippen molar-refractivity contribution in [3.63, 3.8) is 0 Å². The summed E-state index contributed by atoms with van der Waals surface area (Å²) in [6.07, 6.45) is 0.708. The monoisotopic (exact) mass is 290 g/mol. The summed E-state index contributed by atoms with van der Waals surface area (Å²) in [4.78, 5) is 27.0. The molecular weight excluding hydrogens is 268 g/mol. The number of nitrogens with two attached hydrogens (primary N) is 2. The summed E-state index contributed by atoms with van der Waals surface area (Å²) in [7, 11) is 3.40. The molecular formula is C15H22N4O2. The van der Waals surface area contributed by atoms with E-state index in [4.69, 9.17) is 11.5 Å². The fourth-order valence-electron chi connectivity index (χ4n) is 2.60. The van der Waals surface area contributed by atoms with Crippen molar-refractivity contribution in [2.24, 2.45) is 11.1 Å². The van der Waals surface area contributed by atoms with E-state index in [-0.39, 0.29) is 11.8 Å². The molecule has 1 fully saturated rings. The van der Waals surface area contributed by atoms with E-state index in [1.807, 2.05) is 17.9 Å². The molecule has 0 spiro atoms. The van der Waals surface area contributed by atoms with Crippen LogP contribution in [0.25, 0.3) is 0 Å². The number of nitrogens with zero attached hydrogens (tertiary/aromatic N) is 2. The van der Waals surface area contributed by atoms with E-state index in [1.54, 1.807) is 26.2 Å². The first-order valence-electron chi connectivity index (χ1n) is 6.90. The molecule has 1 atom stereocenters. The zero-order valence-electron chi connectivity index (χ0n) is 12.7. The summed E-state index contributed by atoms with van der Waals surface area (Å²) in [5.74, 6) is -0.375. The molecule has 1 unspecified atom stereocenters. The average molecular weight is 290 g/mol. The molecule has 0 bridgehead atoms. The van der Waals surface area contributed by atoms with Gasteiger partial charge in [-0.05, 0) is 31.5 Å². The second-order valence-electron chi connectivity index (χ2n) is 6.07. The predicted molar refractivity (Wildman–Crippen MR) is 83.0 cm³/mol. The molecule has 1 aromatic rings. The normalized spacial score (nSPS) is 21.4. The minimum atomic E-state index is -0.523. The van der Waals surface area contributed by atoms with Crippen molar-refractivity contribution in [3.05, 3.63) is 23.8 Å². The van der Waals surface area contributed by atoms with Crippen molar-refractivity contribution in [2.75, 3.05) is 37.8 Å². The van der Waals surface area contributed by atoms with Gasteiger partial charge in [-0.1, -0.05) is 0 Å². The van der Waals surface area contributed by atoms with E-state index in [2.05, 4.69) is 0 Å². The molecule has 114 valence electrons. The highest BCUT2D eigenvalue weighted by molar-refractivity contribution is 5.96. The zero-order chi connectivity index (χ0) is 15.8. The van der Waals surface area contributed by atoms with Gasteiger partial charge in [0.05, 0.1) is 16.8 Å². The minimum absolute atomic E-state index is 0.0864. The Bertz CT molecular complexity index is 585. The van der Waals surface area contributed by atoms with E-state index in [0.717, 1.165) is 12.2 Å². The highest BCUT2D eigenvalue weighted by Crippen LogP contribution is 2.35. The Morgan fingerprint density at radius 2 is 2.00 bits per heavy atom. The van der Waals surface area contributed by atoms with Gasteiger partial charge < -0.3 is 21.3 Å². The summed E-state index contributed by atoms with van der Waals surface area (Å²) in [6.45, 7) is 3.15. The number of primary amides is 1. The van der Waals surface area contributed by atoms with Crippen LogP contribution in [-0.4, -0.2) is 43.9 Å². The van der Waals surface area contributed by atoms with Crippen LogP contribution in [0.5, 0.6) is 0 Å². The van der Waals surface area contributed by atoms with Crippen LogP contribution in [0.15, 0.2) is 18.2 Å². The number of nitrogen functional groups attached to an aromatic ring is 1. The number of amides is 2. The van der Waals surface area contributed by atoms with Crippen molar-refractivity contribution in [3.8, 4) is 0 Å². The van der Waals surface area contributed by atoms with Crippen molar-refractivity contribution < 1.29 is 9.59 Å². The summed E-state index contributed by atoms with van der Waals surface area (Å²) >= 11 is 0. The Balaban J connectivity index is 2.23. The van der Waals surface area contributed by atoms with Gasteiger partial charge in [-0.3, -0.25) is 9.59 Å². The van der Waals surface area contributed by atoms with Crippen LogP contribution >= 0.6 is 0 Å². The molecule has 0 aromatic heterocycles. The second-order valence-corrected chi connectivity index (χ2v) is 6.07. The highest BCUT2D eigenvalue weighted by atomic mass is 16.2. The standard InChI is InChI=1S/C15H22N4O2/c1-15(14(17)21)6-7-19(9-15)12-5-4-10(8-11(12)16)13(20)18(2)3/h4-5,8H,6-7,9,16H2,1-3H3,(H2,17,21). The number of benzene rings is 1. The molecule has 2 rings (SSSR count). The van der Waals surface area contributed by atoms with Crippen molar-refractivity contribution in [2.45, 2.75) is 13.3 Å². The van der Waals surface area contributed by atoms with Gasteiger partial charge in [0.25, 0.3) is 5.91 Å². The number of hydrogen-bond donors (Lipinski definition) is 2. The van der Waals surface area contributed by atoms with Gasteiger partial charge in [0.15, 0.2) is 0 Å². The molecule has 1 aliphatic heterocycles. The van der Waals surface area contributed by atoms with Gasteiger partial charge in [0, 0.05) is 32.7 Å². The molecule has 2 amide bonds. The first-order chi connectivity index (χ1) is 9.74. The van der Waals surface area contributed by atoms with Gasteiger partial charge in [0.2, 0.25) is 5.91 Å². The molecule has 1 saturated heterocycles. The highest BCUT2D eigenvalue weighted by Gasteiger charge is 2.39. The van der Waals surface area contributed by atoms with Crippen LogP contribution in [0.3, 0.4) is 0 Å². The number of rotatable bonds is 3. The van der Waals surface area contributed by atoms with Gasteiger partial charge in [0.1, 0.15) is 0 Å². The van der Waals surface area contributed by atoms with Gasteiger partial charge >= 0.3 is 0 Å². The summed E-state index contributed by atoms with van der Waals surface area (Å²) in [5, 5.41) is 0. The maximum Gasteiger partial charge on any atom is 0.253 e. The topological polar surface area (TPSA) is 92.7 Å². The van der Waals surface area contributed by atoms with E-state index >= 15 is 0 Å². The molecule has 4 N–H and O–H groups in total. The van der Waals surface area contributed by atoms with Crippen molar-refractivity contribution in [1.29, 1.82) is 0 Å². The maximum absolute atomic E-state index is 11.9. The Morgan fingerprint density at radius 1 is 1.33 bits per heavy atom. The lowest BCUT2D eigenvalue weighted by Crippen LogP contribution is -2.37. The molecule has 1 heterocycles. The quantitative estimate of drug-likeness (QED) is 0.800. The van der Waals surface area contributed by atoms with Crippen LogP contribution in [0, 0.1) is 5.41 Å².